The van der Waals surface area contributed by atoms with Crippen molar-refractivity contribution in [1.29, 1.82) is 0 Å². The van der Waals surface area contributed by atoms with Gasteiger partial charge in [-0.25, -0.2) is 0 Å². The van der Waals surface area contributed by atoms with E-state index >= 15 is 0 Å². The second-order valence-corrected chi connectivity index (χ2v) is 8.14. The van der Waals surface area contributed by atoms with Crippen LogP contribution in [0.3, 0.4) is 0 Å². The Kier molecular flexibility index (Phi) is 6.51. The third-order valence-electron chi connectivity index (χ3n) is 4.12. The molecule has 2 atom stereocenters. The third-order valence-corrected chi connectivity index (χ3v) is 6.43. The molecule has 1 heterocycles. The number of carbonyl (C=O) groups excluding carboxylic acids is 1. The molecule has 0 bridgehead atoms. The summed E-state index contributed by atoms with van der Waals surface area (Å²) in [5.41, 5.74) is 0.540. The van der Waals surface area contributed by atoms with Crippen LogP contribution in [0.1, 0.15) is 23.2 Å². The average Bonchev–Trinajstić information content (AvgIpc) is 2.68. The molecule has 3 rings (SSSR count). The van der Waals surface area contributed by atoms with Gasteiger partial charge in [-0.05, 0) is 0 Å². The molecule has 25 heavy (non-hydrogen) atoms. The molecule has 0 spiro atoms. The molecular formula is C20H22O4Se. The molecular weight excluding hydrogens is 383 g/mol. The molecule has 0 N–H and O–H groups in total. The minimum atomic E-state index is -0.296. The standard InChI is InChI=1S/C20H22O4Se/c1-22-16-11-9-15(10-12-16)20(21)24-18-8-5-13-23-19(18)14-25-17-6-3-2-4-7-17/h2-4,6-7,9-12,18-19H,5,8,13-14H2,1H3/t18-,19+/m1/s1. The zero-order valence-corrected chi connectivity index (χ0v) is 15.9. The van der Waals surface area contributed by atoms with Gasteiger partial charge in [0.25, 0.3) is 0 Å². The molecule has 1 aliphatic heterocycles. The van der Waals surface area contributed by atoms with Gasteiger partial charge in [-0.2, -0.15) is 0 Å². The van der Waals surface area contributed by atoms with Crippen molar-refractivity contribution < 1.29 is 19.0 Å². The van der Waals surface area contributed by atoms with Gasteiger partial charge in [0.2, 0.25) is 0 Å². The van der Waals surface area contributed by atoms with Crippen LogP contribution in [0.4, 0.5) is 0 Å². The third kappa shape index (κ3) is 5.08. The van der Waals surface area contributed by atoms with Crippen molar-refractivity contribution in [3.05, 3.63) is 60.2 Å². The number of ether oxygens (including phenoxy) is 3. The molecule has 2 aromatic carbocycles. The fraction of sp³-hybridized carbons (Fsp3) is 0.350. The Bertz CT molecular complexity index is 672. The maximum atomic E-state index is 12.4. The topological polar surface area (TPSA) is 44.8 Å². The molecule has 0 aliphatic carbocycles. The Morgan fingerprint density at radius 2 is 1.92 bits per heavy atom. The SMILES string of the molecule is COc1ccc(C(=O)O[C@@H]2CCCO[C@H]2C[Se]c2ccccc2)cc1. The molecule has 0 saturated carbocycles. The Balaban J connectivity index is 1.59. The molecule has 0 amide bonds. The van der Waals surface area contributed by atoms with Gasteiger partial charge in [-0.3, -0.25) is 0 Å². The van der Waals surface area contributed by atoms with E-state index in [2.05, 4.69) is 24.3 Å². The second kappa shape index (κ2) is 9.04. The molecule has 5 heteroatoms. The Hall–Kier alpha value is -1.81. The summed E-state index contributed by atoms with van der Waals surface area (Å²) < 4.78 is 18.1. The van der Waals surface area contributed by atoms with Crippen LogP contribution in [0.5, 0.6) is 5.75 Å². The summed E-state index contributed by atoms with van der Waals surface area (Å²) in [4.78, 5) is 12.4. The van der Waals surface area contributed by atoms with Crippen LogP contribution in [0.2, 0.25) is 5.32 Å². The van der Waals surface area contributed by atoms with Crippen LogP contribution in [-0.4, -0.2) is 46.9 Å². The molecule has 2 aromatic rings. The van der Waals surface area contributed by atoms with E-state index in [0.29, 0.717) is 20.5 Å². The van der Waals surface area contributed by atoms with Crippen LogP contribution in [0.25, 0.3) is 0 Å². The quantitative estimate of drug-likeness (QED) is 0.548. The first-order chi connectivity index (χ1) is 12.3. The van der Waals surface area contributed by atoms with Crippen LogP contribution < -0.4 is 9.20 Å². The predicted octanol–water partition coefficient (Wildman–Crippen LogP) is 2.85. The normalized spacial score (nSPS) is 20.0. The van der Waals surface area contributed by atoms with E-state index in [0.717, 1.165) is 30.5 Å². The van der Waals surface area contributed by atoms with Crippen LogP contribution in [0, 0.1) is 0 Å². The van der Waals surface area contributed by atoms with E-state index in [1.54, 1.807) is 31.4 Å². The van der Waals surface area contributed by atoms with Crippen LogP contribution >= 0.6 is 0 Å². The van der Waals surface area contributed by atoms with E-state index in [1.165, 1.54) is 4.46 Å². The van der Waals surface area contributed by atoms with E-state index in [-0.39, 0.29) is 18.2 Å². The first-order valence-electron chi connectivity index (χ1n) is 8.41. The first kappa shape index (κ1) is 18.0. The van der Waals surface area contributed by atoms with Gasteiger partial charge in [0.15, 0.2) is 0 Å². The van der Waals surface area contributed by atoms with Crippen molar-refractivity contribution >= 4 is 25.4 Å². The summed E-state index contributed by atoms with van der Waals surface area (Å²) in [6, 6.07) is 17.4. The molecule has 0 aromatic heterocycles. The monoisotopic (exact) mass is 406 g/mol. The molecule has 132 valence electrons. The first-order valence-corrected chi connectivity index (χ1v) is 10.5. The molecule has 0 unspecified atom stereocenters. The zero-order valence-electron chi connectivity index (χ0n) is 14.2. The van der Waals surface area contributed by atoms with Crippen molar-refractivity contribution in [2.75, 3.05) is 13.7 Å². The van der Waals surface area contributed by atoms with E-state index in [1.807, 2.05) is 6.07 Å². The van der Waals surface area contributed by atoms with Crippen molar-refractivity contribution in [3.8, 4) is 5.75 Å². The average molecular weight is 405 g/mol. The molecule has 0 radical (unpaired) electrons. The van der Waals surface area contributed by atoms with E-state index in [9.17, 15) is 4.79 Å². The summed E-state index contributed by atoms with van der Waals surface area (Å²) in [7, 11) is 1.60. The maximum absolute atomic E-state index is 12.4. The van der Waals surface area contributed by atoms with Gasteiger partial charge >= 0.3 is 154 Å². The van der Waals surface area contributed by atoms with Crippen LogP contribution in [0.15, 0.2) is 54.6 Å². The van der Waals surface area contributed by atoms with Crippen molar-refractivity contribution in [1.82, 2.24) is 0 Å². The van der Waals surface area contributed by atoms with Gasteiger partial charge < -0.3 is 0 Å². The molecule has 1 saturated heterocycles. The Morgan fingerprint density at radius 1 is 1.16 bits per heavy atom. The number of benzene rings is 2. The fourth-order valence-electron chi connectivity index (χ4n) is 2.73. The van der Waals surface area contributed by atoms with Gasteiger partial charge in [-0.15, -0.1) is 0 Å². The number of esters is 1. The summed E-state index contributed by atoms with van der Waals surface area (Å²) in [5, 5.41) is 0.914. The fourth-order valence-corrected chi connectivity index (χ4v) is 4.86. The van der Waals surface area contributed by atoms with Crippen molar-refractivity contribution in [2.24, 2.45) is 0 Å². The van der Waals surface area contributed by atoms with Crippen molar-refractivity contribution in [2.45, 2.75) is 30.4 Å². The zero-order chi connectivity index (χ0) is 17.5. The van der Waals surface area contributed by atoms with Gasteiger partial charge in [-0.1, -0.05) is 0 Å². The number of rotatable bonds is 6. The van der Waals surface area contributed by atoms with Gasteiger partial charge in [0.05, 0.1) is 0 Å². The van der Waals surface area contributed by atoms with Gasteiger partial charge in [0, 0.05) is 0 Å². The summed E-state index contributed by atoms with van der Waals surface area (Å²) >= 11 is 0.314. The number of hydrogen-bond acceptors (Lipinski definition) is 4. The summed E-state index contributed by atoms with van der Waals surface area (Å²) in [5.74, 6) is 0.427. The van der Waals surface area contributed by atoms with E-state index < -0.39 is 0 Å². The number of carbonyl (C=O) groups is 1. The molecule has 1 aliphatic rings. The number of hydrogen-bond donors (Lipinski definition) is 0. The Morgan fingerprint density at radius 3 is 2.64 bits per heavy atom. The van der Waals surface area contributed by atoms with Gasteiger partial charge in [0.1, 0.15) is 0 Å². The Labute approximate surface area is 154 Å². The predicted molar refractivity (Wildman–Crippen MR) is 97.8 cm³/mol. The number of methoxy groups -OCH3 is 1. The molecule has 1 fully saturated rings. The minimum absolute atomic E-state index is 0.0174. The molecule has 4 nitrogen and oxygen atoms in total. The second-order valence-electron chi connectivity index (χ2n) is 5.85. The summed E-state index contributed by atoms with van der Waals surface area (Å²) in [6.45, 7) is 0.742. The van der Waals surface area contributed by atoms with Crippen LogP contribution in [-0.2, 0) is 9.47 Å². The van der Waals surface area contributed by atoms with Crippen molar-refractivity contribution in [3.63, 3.8) is 0 Å². The van der Waals surface area contributed by atoms with E-state index in [4.69, 9.17) is 14.2 Å². The summed E-state index contributed by atoms with van der Waals surface area (Å²) in [6.07, 6.45) is 1.59.